The van der Waals surface area contributed by atoms with Gasteiger partial charge in [-0.15, -0.1) is 0 Å². The molecule has 1 aromatic heterocycles. The predicted molar refractivity (Wildman–Crippen MR) is 85.4 cm³/mol. The summed E-state index contributed by atoms with van der Waals surface area (Å²) in [6, 6.07) is 9.79. The Hall–Kier alpha value is -2.43. The third kappa shape index (κ3) is 5.16. The maximum atomic E-state index is 11.5. The Morgan fingerprint density at radius 1 is 1.14 bits per heavy atom. The van der Waals surface area contributed by atoms with Crippen LogP contribution in [0.1, 0.15) is 26.3 Å². The van der Waals surface area contributed by atoms with Gasteiger partial charge in [0.1, 0.15) is 5.60 Å². The van der Waals surface area contributed by atoms with E-state index in [-0.39, 0.29) is 6.09 Å². The lowest BCUT2D eigenvalue weighted by atomic mass is 10.1. The number of hydrogen-bond acceptors (Lipinski definition) is 4. The molecule has 116 valence electrons. The van der Waals surface area contributed by atoms with Crippen molar-refractivity contribution in [2.45, 2.75) is 32.8 Å². The van der Waals surface area contributed by atoms with Crippen LogP contribution in [0.25, 0.3) is 11.4 Å². The van der Waals surface area contributed by atoms with E-state index in [1.54, 1.807) is 18.5 Å². The van der Waals surface area contributed by atoms with Gasteiger partial charge in [0, 0.05) is 24.5 Å². The molecule has 5 heteroatoms. The fourth-order valence-electron chi connectivity index (χ4n) is 1.89. The Balaban J connectivity index is 1.84. The van der Waals surface area contributed by atoms with Gasteiger partial charge in [0.2, 0.25) is 0 Å². The summed E-state index contributed by atoms with van der Waals surface area (Å²) >= 11 is 0. The lowest BCUT2D eigenvalue weighted by Gasteiger charge is -2.19. The second kappa shape index (κ2) is 7.02. The Morgan fingerprint density at radius 2 is 1.77 bits per heavy atom. The highest BCUT2D eigenvalue weighted by molar-refractivity contribution is 5.67. The van der Waals surface area contributed by atoms with Crippen LogP contribution >= 0.6 is 0 Å². The highest BCUT2D eigenvalue weighted by Crippen LogP contribution is 2.14. The van der Waals surface area contributed by atoms with E-state index < -0.39 is 5.60 Å². The molecule has 1 N–H and O–H groups in total. The molecule has 1 heterocycles. The molecule has 1 amide bonds. The van der Waals surface area contributed by atoms with Crippen molar-refractivity contribution < 1.29 is 9.53 Å². The fraction of sp³-hybridized carbons (Fsp3) is 0.353. The number of rotatable bonds is 4. The summed E-state index contributed by atoms with van der Waals surface area (Å²) in [5, 5.41) is 2.75. The van der Waals surface area contributed by atoms with E-state index in [2.05, 4.69) is 15.3 Å². The number of nitrogens with one attached hydrogen (secondary N) is 1. The summed E-state index contributed by atoms with van der Waals surface area (Å²) in [7, 11) is 0. The standard InChI is InChI=1S/C17H21N3O2/c1-17(2,3)22-16(21)20-12-9-13-5-7-14(8-6-13)15-18-10-4-11-19-15/h4-8,10-11H,9,12H2,1-3H3,(H,20,21). The molecule has 0 aliphatic carbocycles. The Morgan fingerprint density at radius 3 is 2.36 bits per heavy atom. The molecule has 0 fully saturated rings. The van der Waals surface area contributed by atoms with Crippen molar-refractivity contribution in [2.75, 3.05) is 6.54 Å². The van der Waals surface area contributed by atoms with Gasteiger partial charge in [-0.1, -0.05) is 24.3 Å². The van der Waals surface area contributed by atoms with E-state index in [1.165, 1.54) is 0 Å². The third-order valence-electron chi connectivity index (χ3n) is 2.86. The second-order valence-electron chi connectivity index (χ2n) is 5.95. The molecule has 2 rings (SSSR count). The number of amides is 1. The lowest BCUT2D eigenvalue weighted by Crippen LogP contribution is -2.33. The number of alkyl carbamates (subject to hydrolysis) is 1. The molecule has 5 nitrogen and oxygen atoms in total. The minimum atomic E-state index is -0.471. The van der Waals surface area contributed by atoms with Crippen LogP contribution in [-0.2, 0) is 11.2 Å². The van der Waals surface area contributed by atoms with E-state index in [0.717, 1.165) is 17.5 Å². The zero-order valence-corrected chi connectivity index (χ0v) is 13.2. The Kier molecular flexibility index (Phi) is 5.09. The second-order valence-corrected chi connectivity index (χ2v) is 5.95. The average Bonchev–Trinajstić information content (AvgIpc) is 2.47. The summed E-state index contributed by atoms with van der Waals surface area (Å²) in [6.07, 6.45) is 3.80. The van der Waals surface area contributed by atoms with E-state index in [9.17, 15) is 4.79 Å². The number of hydrogen-bond donors (Lipinski definition) is 1. The molecule has 0 spiro atoms. The molecule has 2 aromatic rings. The minimum absolute atomic E-state index is 0.387. The van der Waals surface area contributed by atoms with Gasteiger partial charge < -0.3 is 10.1 Å². The van der Waals surface area contributed by atoms with Crippen LogP contribution in [0.5, 0.6) is 0 Å². The van der Waals surface area contributed by atoms with E-state index in [0.29, 0.717) is 12.4 Å². The summed E-state index contributed by atoms with van der Waals surface area (Å²) in [4.78, 5) is 20.0. The summed E-state index contributed by atoms with van der Waals surface area (Å²) in [5.41, 5.74) is 1.64. The maximum absolute atomic E-state index is 11.5. The van der Waals surface area contributed by atoms with Crippen molar-refractivity contribution in [3.05, 3.63) is 48.3 Å². The number of aromatic nitrogens is 2. The smallest absolute Gasteiger partial charge is 0.407 e. The first-order valence-electron chi connectivity index (χ1n) is 7.27. The van der Waals surface area contributed by atoms with Crippen molar-refractivity contribution in [1.29, 1.82) is 0 Å². The zero-order valence-electron chi connectivity index (χ0n) is 13.2. The lowest BCUT2D eigenvalue weighted by molar-refractivity contribution is 0.0528. The first-order chi connectivity index (χ1) is 10.4. The van der Waals surface area contributed by atoms with Crippen LogP contribution in [0.4, 0.5) is 4.79 Å². The molecule has 22 heavy (non-hydrogen) atoms. The Bertz CT molecular complexity index is 604. The largest absolute Gasteiger partial charge is 0.444 e. The normalized spacial score (nSPS) is 11.0. The van der Waals surface area contributed by atoms with Crippen molar-refractivity contribution in [2.24, 2.45) is 0 Å². The van der Waals surface area contributed by atoms with Gasteiger partial charge in [0.05, 0.1) is 0 Å². The molecule has 0 aliphatic rings. The van der Waals surface area contributed by atoms with Gasteiger partial charge >= 0.3 is 6.09 Å². The van der Waals surface area contributed by atoms with E-state index in [1.807, 2.05) is 45.0 Å². The number of nitrogens with zero attached hydrogens (tertiary/aromatic N) is 2. The van der Waals surface area contributed by atoms with Crippen LogP contribution in [-0.4, -0.2) is 28.2 Å². The summed E-state index contributed by atoms with van der Waals surface area (Å²) in [6.45, 7) is 6.07. The molecule has 0 radical (unpaired) electrons. The van der Waals surface area contributed by atoms with Crippen LogP contribution in [0.2, 0.25) is 0 Å². The van der Waals surface area contributed by atoms with Gasteiger partial charge in [-0.05, 0) is 38.8 Å². The molecule has 0 bridgehead atoms. The average molecular weight is 299 g/mol. The van der Waals surface area contributed by atoms with Gasteiger partial charge in [-0.3, -0.25) is 0 Å². The number of benzene rings is 1. The van der Waals surface area contributed by atoms with Crippen molar-refractivity contribution in [3.8, 4) is 11.4 Å². The quantitative estimate of drug-likeness (QED) is 0.941. The number of carbonyl (C=O) groups excluding carboxylic acids is 1. The first-order valence-corrected chi connectivity index (χ1v) is 7.27. The fourth-order valence-corrected chi connectivity index (χ4v) is 1.89. The topological polar surface area (TPSA) is 64.1 Å². The van der Waals surface area contributed by atoms with E-state index in [4.69, 9.17) is 4.74 Å². The third-order valence-corrected chi connectivity index (χ3v) is 2.86. The van der Waals surface area contributed by atoms with Crippen molar-refractivity contribution in [1.82, 2.24) is 15.3 Å². The number of ether oxygens (including phenoxy) is 1. The molecule has 0 saturated heterocycles. The summed E-state index contributed by atoms with van der Waals surface area (Å²) < 4.78 is 5.19. The monoisotopic (exact) mass is 299 g/mol. The van der Waals surface area contributed by atoms with Gasteiger partial charge in [0.25, 0.3) is 0 Å². The first kappa shape index (κ1) is 15.9. The van der Waals surface area contributed by atoms with Crippen molar-refractivity contribution >= 4 is 6.09 Å². The zero-order chi connectivity index (χ0) is 16.0. The van der Waals surface area contributed by atoms with Crippen LogP contribution < -0.4 is 5.32 Å². The molecule has 1 aromatic carbocycles. The molecule has 0 saturated carbocycles. The highest BCUT2D eigenvalue weighted by atomic mass is 16.6. The van der Waals surface area contributed by atoms with Gasteiger partial charge in [-0.2, -0.15) is 0 Å². The van der Waals surface area contributed by atoms with Crippen LogP contribution in [0.15, 0.2) is 42.7 Å². The predicted octanol–water partition coefficient (Wildman–Crippen LogP) is 3.21. The molecular weight excluding hydrogens is 278 g/mol. The molecule has 0 atom stereocenters. The van der Waals surface area contributed by atoms with Crippen molar-refractivity contribution in [3.63, 3.8) is 0 Å². The Labute approximate surface area is 130 Å². The van der Waals surface area contributed by atoms with Gasteiger partial charge in [0.15, 0.2) is 5.82 Å². The van der Waals surface area contributed by atoms with E-state index >= 15 is 0 Å². The van der Waals surface area contributed by atoms with Crippen LogP contribution in [0, 0.1) is 0 Å². The molecule has 0 aliphatic heterocycles. The minimum Gasteiger partial charge on any atom is -0.444 e. The maximum Gasteiger partial charge on any atom is 0.407 e. The summed E-state index contributed by atoms with van der Waals surface area (Å²) in [5.74, 6) is 0.709. The van der Waals surface area contributed by atoms with Crippen LogP contribution in [0.3, 0.4) is 0 Å². The highest BCUT2D eigenvalue weighted by Gasteiger charge is 2.15. The van der Waals surface area contributed by atoms with Gasteiger partial charge in [-0.25, -0.2) is 14.8 Å². The molecule has 0 unspecified atom stereocenters. The molecular formula is C17H21N3O2. The SMILES string of the molecule is CC(C)(C)OC(=O)NCCc1ccc(-c2ncccn2)cc1. The number of carbonyl (C=O) groups is 1.